The molecule has 0 saturated heterocycles. The summed E-state index contributed by atoms with van der Waals surface area (Å²) in [5, 5.41) is 17.6. The lowest BCUT2D eigenvalue weighted by atomic mass is 10.1. The van der Waals surface area contributed by atoms with Crippen molar-refractivity contribution < 1.29 is 19.4 Å². The summed E-state index contributed by atoms with van der Waals surface area (Å²) in [5.74, 6) is -0.691. The number of carbonyl (C=O) groups is 1. The molecule has 0 unspecified atom stereocenters. The van der Waals surface area contributed by atoms with E-state index < -0.39 is 5.97 Å². The Morgan fingerprint density at radius 3 is 2.33 bits per heavy atom. The maximum Gasteiger partial charge on any atom is 0.339 e. The number of carboxylic acid groups (broad SMARTS) is 1. The first-order chi connectivity index (χ1) is 7.13. The summed E-state index contributed by atoms with van der Waals surface area (Å²) >= 11 is 0. The van der Waals surface area contributed by atoms with E-state index in [0.717, 1.165) is 0 Å². The highest BCUT2D eigenvalue weighted by molar-refractivity contribution is 5.91. The van der Waals surface area contributed by atoms with E-state index in [0.29, 0.717) is 5.75 Å². The van der Waals surface area contributed by atoms with Crippen molar-refractivity contribution in [2.24, 2.45) is 0 Å². The molecule has 5 nitrogen and oxygen atoms in total. The quantitative estimate of drug-likeness (QED) is 0.807. The summed E-state index contributed by atoms with van der Waals surface area (Å²) in [7, 11) is 2.75. The minimum atomic E-state index is -1.15. The van der Waals surface area contributed by atoms with E-state index in [1.807, 2.05) is 6.07 Å². The first-order valence-corrected chi connectivity index (χ1v) is 4.03. The van der Waals surface area contributed by atoms with Gasteiger partial charge in [0.15, 0.2) is 0 Å². The minimum Gasteiger partial charge on any atom is -0.496 e. The van der Waals surface area contributed by atoms with Gasteiger partial charge in [0, 0.05) is 6.07 Å². The van der Waals surface area contributed by atoms with Crippen molar-refractivity contribution in [3.63, 3.8) is 0 Å². The van der Waals surface area contributed by atoms with Gasteiger partial charge < -0.3 is 14.6 Å². The molecule has 0 aromatic heterocycles. The molecule has 0 atom stereocenters. The molecule has 78 valence electrons. The molecule has 1 aromatic rings. The lowest BCUT2D eigenvalue weighted by Crippen LogP contribution is -2.02. The van der Waals surface area contributed by atoms with Gasteiger partial charge >= 0.3 is 5.97 Å². The molecule has 15 heavy (non-hydrogen) atoms. The molecular formula is C10H9NO4. The van der Waals surface area contributed by atoms with Gasteiger partial charge in [-0.3, -0.25) is 0 Å². The molecule has 1 N–H and O–H groups in total. The van der Waals surface area contributed by atoms with Crippen LogP contribution in [-0.2, 0) is 0 Å². The average Bonchev–Trinajstić information content (AvgIpc) is 2.26. The molecule has 0 aliphatic carbocycles. The van der Waals surface area contributed by atoms with Crippen molar-refractivity contribution in [2.45, 2.75) is 0 Å². The molecule has 0 bridgehead atoms. The van der Waals surface area contributed by atoms with E-state index in [4.69, 9.17) is 19.8 Å². The van der Waals surface area contributed by atoms with E-state index in [2.05, 4.69) is 0 Å². The molecule has 0 amide bonds. The normalized spacial score (nSPS) is 9.13. The van der Waals surface area contributed by atoms with Crippen molar-refractivity contribution in [3.05, 3.63) is 23.3 Å². The van der Waals surface area contributed by atoms with E-state index in [9.17, 15) is 4.79 Å². The first-order valence-electron chi connectivity index (χ1n) is 4.03. The summed E-state index contributed by atoms with van der Waals surface area (Å²) in [4.78, 5) is 10.8. The third-order valence-electron chi connectivity index (χ3n) is 1.87. The zero-order valence-electron chi connectivity index (χ0n) is 8.27. The Bertz CT molecular complexity index is 434. The SMILES string of the molecule is COc1cc(OC)c(C(=O)O)cc1C#N. The first kappa shape index (κ1) is 10.9. The highest BCUT2D eigenvalue weighted by Crippen LogP contribution is 2.28. The minimum absolute atomic E-state index is 0.0603. The van der Waals surface area contributed by atoms with Crippen LogP contribution in [0.1, 0.15) is 15.9 Å². The number of benzene rings is 1. The van der Waals surface area contributed by atoms with Gasteiger partial charge in [0.05, 0.1) is 19.8 Å². The Morgan fingerprint density at radius 1 is 1.33 bits per heavy atom. The van der Waals surface area contributed by atoms with Crippen LogP contribution < -0.4 is 9.47 Å². The number of ether oxygens (including phenoxy) is 2. The summed E-state index contributed by atoms with van der Waals surface area (Å²) < 4.78 is 9.80. The van der Waals surface area contributed by atoms with E-state index in [-0.39, 0.29) is 16.9 Å². The van der Waals surface area contributed by atoms with Crippen LogP contribution in [0, 0.1) is 11.3 Å². The highest BCUT2D eigenvalue weighted by atomic mass is 16.5. The largest absolute Gasteiger partial charge is 0.496 e. The van der Waals surface area contributed by atoms with Gasteiger partial charge in [-0.2, -0.15) is 5.26 Å². The number of rotatable bonds is 3. The van der Waals surface area contributed by atoms with Gasteiger partial charge in [-0.1, -0.05) is 0 Å². The van der Waals surface area contributed by atoms with Gasteiger partial charge in [0.1, 0.15) is 23.1 Å². The molecule has 1 aromatic carbocycles. The van der Waals surface area contributed by atoms with E-state index >= 15 is 0 Å². The Hall–Kier alpha value is -2.22. The fourth-order valence-electron chi connectivity index (χ4n) is 1.15. The van der Waals surface area contributed by atoms with Gasteiger partial charge in [-0.25, -0.2) is 4.79 Å². The number of aromatic carboxylic acids is 1. The van der Waals surface area contributed by atoms with Crippen molar-refractivity contribution in [2.75, 3.05) is 14.2 Å². The van der Waals surface area contributed by atoms with E-state index in [1.54, 1.807) is 0 Å². The van der Waals surface area contributed by atoms with Crippen LogP contribution in [0.3, 0.4) is 0 Å². The molecule has 0 aliphatic rings. The van der Waals surface area contributed by atoms with Crippen LogP contribution in [0.5, 0.6) is 11.5 Å². The Morgan fingerprint density at radius 2 is 1.93 bits per heavy atom. The summed E-state index contributed by atoms with van der Waals surface area (Å²) in [6.45, 7) is 0. The Labute approximate surface area is 86.5 Å². The number of hydrogen-bond donors (Lipinski definition) is 1. The monoisotopic (exact) mass is 207 g/mol. The standard InChI is InChI=1S/C10H9NO4/c1-14-8-4-9(15-2)7(10(12)13)3-6(8)5-11/h3-4H,1-2H3,(H,12,13). The highest BCUT2D eigenvalue weighted by Gasteiger charge is 2.15. The topological polar surface area (TPSA) is 79.6 Å². The predicted molar refractivity (Wildman–Crippen MR) is 51.2 cm³/mol. The van der Waals surface area contributed by atoms with Crippen LogP contribution in [0.4, 0.5) is 0 Å². The number of nitrogens with zero attached hydrogens (tertiary/aromatic N) is 1. The summed E-state index contributed by atoms with van der Waals surface area (Å²) in [6, 6.07) is 4.45. The number of carboxylic acids is 1. The molecule has 0 fully saturated rings. The van der Waals surface area contributed by atoms with Crippen molar-refractivity contribution >= 4 is 5.97 Å². The summed E-state index contributed by atoms with van der Waals surface area (Å²) in [5.41, 5.74) is 0.102. The molecule has 0 saturated carbocycles. The van der Waals surface area contributed by atoms with Crippen molar-refractivity contribution in [1.82, 2.24) is 0 Å². The Balaban J connectivity index is 3.42. The van der Waals surface area contributed by atoms with Crippen LogP contribution in [0.15, 0.2) is 12.1 Å². The second kappa shape index (κ2) is 4.33. The molecule has 0 heterocycles. The molecule has 1 rings (SSSR count). The number of nitriles is 1. The summed E-state index contributed by atoms with van der Waals surface area (Å²) in [6.07, 6.45) is 0. The zero-order valence-corrected chi connectivity index (χ0v) is 8.27. The van der Waals surface area contributed by atoms with Crippen molar-refractivity contribution in [3.8, 4) is 17.6 Å². The second-order valence-electron chi connectivity index (χ2n) is 2.67. The fourth-order valence-corrected chi connectivity index (χ4v) is 1.15. The van der Waals surface area contributed by atoms with Gasteiger partial charge in [-0.05, 0) is 6.07 Å². The third kappa shape index (κ3) is 1.99. The number of hydrogen-bond acceptors (Lipinski definition) is 4. The molecular weight excluding hydrogens is 198 g/mol. The predicted octanol–water partition coefficient (Wildman–Crippen LogP) is 1.27. The maximum absolute atomic E-state index is 10.8. The van der Waals surface area contributed by atoms with E-state index in [1.165, 1.54) is 26.4 Å². The van der Waals surface area contributed by atoms with Crippen molar-refractivity contribution in [1.29, 1.82) is 5.26 Å². The maximum atomic E-state index is 10.8. The van der Waals surface area contributed by atoms with Crippen LogP contribution in [-0.4, -0.2) is 25.3 Å². The lowest BCUT2D eigenvalue weighted by Gasteiger charge is -2.08. The molecule has 0 radical (unpaired) electrons. The second-order valence-corrected chi connectivity index (χ2v) is 2.67. The fraction of sp³-hybridized carbons (Fsp3) is 0.200. The lowest BCUT2D eigenvalue weighted by molar-refractivity contribution is 0.0693. The molecule has 5 heteroatoms. The number of methoxy groups -OCH3 is 2. The zero-order chi connectivity index (χ0) is 11.4. The smallest absolute Gasteiger partial charge is 0.339 e. The van der Waals surface area contributed by atoms with Gasteiger partial charge in [0.2, 0.25) is 0 Å². The van der Waals surface area contributed by atoms with Crippen LogP contribution >= 0.6 is 0 Å². The molecule has 0 spiro atoms. The van der Waals surface area contributed by atoms with Crippen LogP contribution in [0.2, 0.25) is 0 Å². The average molecular weight is 207 g/mol. The van der Waals surface area contributed by atoms with Crippen LogP contribution in [0.25, 0.3) is 0 Å². The van der Waals surface area contributed by atoms with Gasteiger partial charge in [0.25, 0.3) is 0 Å². The van der Waals surface area contributed by atoms with Gasteiger partial charge in [-0.15, -0.1) is 0 Å². The Kier molecular flexibility index (Phi) is 3.13. The molecule has 0 aliphatic heterocycles. The third-order valence-corrected chi connectivity index (χ3v) is 1.87.